The van der Waals surface area contributed by atoms with E-state index in [1.807, 2.05) is 7.11 Å². The summed E-state index contributed by atoms with van der Waals surface area (Å²) >= 11 is 0. The van der Waals surface area contributed by atoms with Crippen molar-refractivity contribution in [2.24, 2.45) is 5.92 Å². The van der Waals surface area contributed by atoms with E-state index in [1.54, 1.807) is 0 Å². The molecule has 0 aliphatic carbocycles. The quantitative estimate of drug-likeness (QED) is 0.778. The van der Waals surface area contributed by atoms with Gasteiger partial charge in [0.2, 0.25) is 0 Å². The lowest BCUT2D eigenvalue weighted by atomic mass is 9.92. The van der Waals surface area contributed by atoms with Crippen molar-refractivity contribution in [2.75, 3.05) is 13.7 Å². The third kappa shape index (κ3) is 5.26. The Morgan fingerprint density at radius 2 is 1.70 bits per heavy atom. The summed E-state index contributed by atoms with van der Waals surface area (Å²) in [7, 11) is 1.83. The first-order valence-corrected chi connectivity index (χ1v) is 7.81. The molecule has 0 aromatic heterocycles. The maximum atomic E-state index is 5.74. The van der Waals surface area contributed by atoms with Crippen LogP contribution in [0.15, 0.2) is 18.2 Å². The van der Waals surface area contributed by atoms with Gasteiger partial charge in [-0.3, -0.25) is 0 Å². The van der Waals surface area contributed by atoms with Crippen LogP contribution in [0.4, 0.5) is 0 Å². The molecule has 0 bridgehead atoms. The molecule has 1 N–H and O–H groups in total. The number of rotatable bonds is 8. The van der Waals surface area contributed by atoms with Gasteiger partial charge in [-0.05, 0) is 44.7 Å². The number of hydrogen-bond donors (Lipinski definition) is 1. The second-order valence-electron chi connectivity index (χ2n) is 6.21. The zero-order chi connectivity index (χ0) is 15.1. The van der Waals surface area contributed by atoms with Crippen LogP contribution in [0.5, 0.6) is 0 Å². The molecule has 114 valence electrons. The average Bonchev–Trinajstić information content (AvgIpc) is 2.34. The van der Waals surface area contributed by atoms with Gasteiger partial charge < -0.3 is 10.1 Å². The number of hydrogen-bond acceptors (Lipinski definition) is 2. The highest BCUT2D eigenvalue weighted by atomic mass is 16.5. The monoisotopic (exact) mass is 277 g/mol. The lowest BCUT2D eigenvalue weighted by Gasteiger charge is -2.30. The molecule has 0 spiro atoms. The van der Waals surface area contributed by atoms with Crippen LogP contribution in [0, 0.1) is 19.8 Å². The number of benzene rings is 1. The Kier molecular flexibility index (Phi) is 7.25. The summed E-state index contributed by atoms with van der Waals surface area (Å²) in [5.74, 6) is 0.514. The van der Waals surface area contributed by atoms with Crippen molar-refractivity contribution in [2.45, 2.75) is 59.6 Å². The molecule has 2 nitrogen and oxygen atoms in total. The van der Waals surface area contributed by atoms with E-state index in [4.69, 9.17) is 4.74 Å². The Labute approximate surface area is 124 Å². The van der Waals surface area contributed by atoms with Crippen LogP contribution in [0.25, 0.3) is 0 Å². The second kappa shape index (κ2) is 8.43. The third-order valence-corrected chi connectivity index (χ3v) is 3.72. The van der Waals surface area contributed by atoms with Gasteiger partial charge >= 0.3 is 0 Å². The minimum Gasteiger partial charge on any atom is -0.380 e. The van der Waals surface area contributed by atoms with Crippen LogP contribution in [-0.4, -0.2) is 25.8 Å². The van der Waals surface area contributed by atoms with Gasteiger partial charge in [-0.25, -0.2) is 0 Å². The molecule has 2 unspecified atom stereocenters. The van der Waals surface area contributed by atoms with Crippen molar-refractivity contribution >= 4 is 0 Å². The fraction of sp³-hybridized carbons (Fsp3) is 0.667. The first-order valence-electron chi connectivity index (χ1n) is 7.81. The summed E-state index contributed by atoms with van der Waals surface area (Å²) in [6.45, 7) is 12.1. The number of ether oxygens (including phenoxy) is 1. The molecule has 20 heavy (non-hydrogen) atoms. The smallest absolute Gasteiger partial charge is 0.0750 e. The summed E-state index contributed by atoms with van der Waals surface area (Å²) < 4.78 is 5.74. The molecule has 0 saturated carbocycles. The molecule has 0 saturated heterocycles. The van der Waals surface area contributed by atoms with Gasteiger partial charge in [0.15, 0.2) is 0 Å². The van der Waals surface area contributed by atoms with E-state index >= 15 is 0 Å². The average molecular weight is 277 g/mol. The zero-order valence-corrected chi connectivity index (χ0v) is 14.0. The van der Waals surface area contributed by atoms with Crippen LogP contribution in [0.2, 0.25) is 0 Å². The minimum absolute atomic E-state index is 0.252. The van der Waals surface area contributed by atoms with E-state index in [1.165, 1.54) is 16.7 Å². The van der Waals surface area contributed by atoms with Crippen LogP contribution in [0.3, 0.4) is 0 Å². The predicted molar refractivity (Wildman–Crippen MR) is 87.3 cm³/mol. The molecule has 1 rings (SSSR count). The van der Waals surface area contributed by atoms with Gasteiger partial charge in [0, 0.05) is 13.2 Å². The highest BCUT2D eigenvalue weighted by molar-refractivity contribution is 5.29. The largest absolute Gasteiger partial charge is 0.380 e. The normalized spacial score (nSPS) is 14.6. The molecule has 0 radical (unpaired) electrons. The highest BCUT2D eigenvalue weighted by Crippen LogP contribution is 2.17. The molecule has 0 amide bonds. The maximum Gasteiger partial charge on any atom is 0.0750 e. The van der Waals surface area contributed by atoms with Gasteiger partial charge in [0.1, 0.15) is 0 Å². The molecule has 0 aliphatic heterocycles. The van der Waals surface area contributed by atoms with Crippen molar-refractivity contribution in [3.8, 4) is 0 Å². The molecule has 0 fully saturated rings. The Hall–Kier alpha value is -0.860. The van der Waals surface area contributed by atoms with E-state index in [0.29, 0.717) is 12.0 Å². The Bertz CT molecular complexity index is 380. The highest BCUT2D eigenvalue weighted by Gasteiger charge is 2.24. The van der Waals surface area contributed by atoms with Gasteiger partial charge in [0.05, 0.1) is 6.10 Å². The van der Waals surface area contributed by atoms with Gasteiger partial charge in [-0.15, -0.1) is 0 Å². The topological polar surface area (TPSA) is 21.3 Å². The third-order valence-electron chi connectivity index (χ3n) is 3.72. The summed E-state index contributed by atoms with van der Waals surface area (Å²) in [5.41, 5.74) is 4.08. The van der Waals surface area contributed by atoms with Crippen molar-refractivity contribution in [3.63, 3.8) is 0 Å². The van der Waals surface area contributed by atoms with Crippen molar-refractivity contribution < 1.29 is 4.74 Å². The minimum atomic E-state index is 0.252. The molecular weight excluding hydrogens is 246 g/mol. The summed E-state index contributed by atoms with van der Waals surface area (Å²) in [6, 6.07) is 7.19. The van der Waals surface area contributed by atoms with E-state index in [2.05, 4.69) is 58.1 Å². The van der Waals surface area contributed by atoms with Gasteiger partial charge in [-0.2, -0.15) is 0 Å². The first kappa shape index (κ1) is 17.2. The molecule has 2 atom stereocenters. The maximum absolute atomic E-state index is 5.74. The fourth-order valence-corrected chi connectivity index (χ4v) is 2.98. The molecule has 0 heterocycles. The molecule has 1 aromatic carbocycles. The Morgan fingerprint density at radius 1 is 1.10 bits per heavy atom. The van der Waals surface area contributed by atoms with Crippen LogP contribution in [-0.2, 0) is 11.2 Å². The number of methoxy groups -OCH3 is 1. The zero-order valence-electron chi connectivity index (χ0n) is 14.0. The summed E-state index contributed by atoms with van der Waals surface area (Å²) in [4.78, 5) is 0. The van der Waals surface area contributed by atoms with Gasteiger partial charge in [-0.1, -0.05) is 50.1 Å². The molecular formula is C18H31NO. The predicted octanol–water partition coefficient (Wildman–Crippen LogP) is 3.89. The van der Waals surface area contributed by atoms with Crippen molar-refractivity contribution in [1.29, 1.82) is 0 Å². The summed E-state index contributed by atoms with van der Waals surface area (Å²) in [6.07, 6.45) is 2.43. The van der Waals surface area contributed by atoms with Gasteiger partial charge in [0.25, 0.3) is 0 Å². The van der Waals surface area contributed by atoms with E-state index < -0.39 is 0 Å². The SMILES string of the molecule is CCCNC(Cc1cc(C)cc(C)c1)C(OC)C(C)C. The first-order chi connectivity index (χ1) is 9.47. The van der Waals surface area contributed by atoms with Crippen molar-refractivity contribution in [3.05, 3.63) is 34.9 Å². The van der Waals surface area contributed by atoms with E-state index in [-0.39, 0.29) is 6.10 Å². The standard InChI is InChI=1S/C18H31NO/c1-7-8-19-17(18(20-6)13(2)3)12-16-10-14(4)9-15(5)11-16/h9-11,13,17-19H,7-8,12H2,1-6H3. The fourth-order valence-electron chi connectivity index (χ4n) is 2.98. The van der Waals surface area contributed by atoms with E-state index in [0.717, 1.165) is 19.4 Å². The molecule has 2 heteroatoms. The Balaban J connectivity index is 2.87. The Morgan fingerprint density at radius 3 is 2.15 bits per heavy atom. The van der Waals surface area contributed by atoms with E-state index in [9.17, 15) is 0 Å². The second-order valence-corrected chi connectivity index (χ2v) is 6.21. The summed E-state index contributed by atoms with van der Waals surface area (Å²) in [5, 5.41) is 3.66. The number of nitrogens with one attached hydrogen (secondary N) is 1. The van der Waals surface area contributed by atoms with Crippen LogP contribution in [0.1, 0.15) is 43.9 Å². The van der Waals surface area contributed by atoms with Crippen LogP contribution >= 0.6 is 0 Å². The van der Waals surface area contributed by atoms with Crippen LogP contribution < -0.4 is 5.32 Å². The lowest BCUT2D eigenvalue weighted by Crippen LogP contribution is -2.45. The molecule has 1 aromatic rings. The lowest BCUT2D eigenvalue weighted by molar-refractivity contribution is 0.0332. The molecule has 0 aliphatic rings. The number of aryl methyl sites for hydroxylation is 2. The van der Waals surface area contributed by atoms with Crippen molar-refractivity contribution in [1.82, 2.24) is 5.32 Å².